The second kappa shape index (κ2) is 10.3. The standard InChI is InChI=1S/C30H30N4O4/c35-29(36)18-26-21-8-7-20-11-13-33(19-24(20)15-21)30(37)23-5-4-6-25(16-23)38-14-3-1-2-12-34-28-10-9-22(26)17-27(28)31-32-34/h4-10,15-17,26H,1-3,11-14,18-19H2,(H,35,36). The van der Waals surface area contributed by atoms with E-state index in [0.29, 0.717) is 31.0 Å². The summed E-state index contributed by atoms with van der Waals surface area (Å²) < 4.78 is 7.87. The third kappa shape index (κ3) is 4.86. The van der Waals surface area contributed by atoms with Gasteiger partial charge in [0.1, 0.15) is 11.3 Å². The summed E-state index contributed by atoms with van der Waals surface area (Å²) in [7, 11) is 0. The van der Waals surface area contributed by atoms with Crippen LogP contribution in [0.3, 0.4) is 0 Å². The Morgan fingerprint density at radius 3 is 2.74 bits per heavy atom. The molecule has 8 nitrogen and oxygen atoms in total. The van der Waals surface area contributed by atoms with Gasteiger partial charge in [-0.25, -0.2) is 4.68 Å². The highest BCUT2D eigenvalue weighted by atomic mass is 16.5. The van der Waals surface area contributed by atoms with Crippen molar-refractivity contribution in [2.24, 2.45) is 0 Å². The van der Waals surface area contributed by atoms with Crippen LogP contribution in [0, 0.1) is 0 Å². The summed E-state index contributed by atoms with van der Waals surface area (Å²) in [5, 5.41) is 18.5. The molecule has 0 aliphatic carbocycles. The molecule has 0 radical (unpaired) electrons. The molecule has 0 saturated carbocycles. The quantitative estimate of drug-likeness (QED) is 0.416. The number of aromatic nitrogens is 3. The Morgan fingerprint density at radius 2 is 1.84 bits per heavy atom. The average Bonchev–Trinajstić information content (AvgIpc) is 3.34. The number of aryl methyl sites for hydroxylation is 1. The van der Waals surface area contributed by atoms with Gasteiger partial charge in [-0.15, -0.1) is 5.10 Å². The van der Waals surface area contributed by atoms with Crippen LogP contribution in [0.5, 0.6) is 5.75 Å². The van der Waals surface area contributed by atoms with Gasteiger partial charge < -0.3 is 14.7 Å². The number of amides is 1. The van der Waals surface area contributed by atoms with E-state index in [2.05, 4.69) is 22.4 Å². The minimum atomic E-state index is -0.860. The van der Waals surface area contributed by atoms with Crippen molar-refractivity contribution in [3.05, 3.63) is 88.5 Å². The number of aliphatic carboxylic acids is 1. The van der Waals surface area contributed by atoms with Crippen molar-refractivity contribution in [3.8, 4) is 5.75 Å². The fraction of sp³-hybridized carbons (Fsp3) is 0.333. The smallest absolute Gasteiger partial charge is 0.304 e. The number of hydrogen-bond acceptors (Lipinski definition) is 5. The molecular formula is C30H30N4O4. The van der Waals surface area contributed by atoms with Crippen LogP contribution >= 0.6 is 0 Å². The second-order valence-corrected chi connectivity index (χ2v) is 10.2. The molecular weight excluding hydrogens is 480 g/mol. The molecule has 194 valence electrons. The number of carbonyl (C=O) groups excluding carboxylic acids is 1. The lowest BCUT2D eigenvalue weighted by atomic mass is 9.85. The van der Waals surface area contributed by atoms with Crippen LogP contribution in [-0.2, 0) is 24.3 Å². The molecule has 9 bridgehead atoms. The number of rotatable bonds is 2. The lowest BCUT2D eigenvalue weighted by Crippen LogP contribution is -2.36. The summed E-state index contributed by atoms with van der Waals surface area (Å²) in [4.78, 5) is 27.2. The number of fused-ring (bicyclic) bond motifs is 6. The van der Waals surface area contributed by atoms with Gasteiger partial charge in [0.15, 0.2) is 0 Å². The van der Waals surface area contributed by atoms with E-state index >= 15 is 0 Å². The Hall–Kier alpha value is -4.20. The van der Waals surface area contributed by atoms with Crippen LogP contribution in [-0.4, -0.2) is 50.0 Å². The minimum absolute atomic E-state index is 0.0210. The monoisotopic (exact) mass is 510 g/mol. The van der Waals surface area contributed by atoms with Gasteiger partial charge in [-0.2, -0.15) is 0 Å². The maximum atomic E-state index is 13.4. The number of benzene rings is 3. The van der Waals surface area contributed by atoms with Gasteiger partial charge in [0.2, 0.25) is 0 Å². The minimum Gasteiger partial charge on any atom is -0.494 e. The lowest BCUT2D eigenvalue weighted by Gasteiger charge is -2.30. The Morgan fingerprint density at radius 1 is 0.974 bits per heavy atom. The van der Waals surface area contributed by atoms with Crippen LogP contribution < -0.4 is 4.74 Å². The molecule has 4 aromatic rings. The zero-order chi connectivity index (χ0) is 26.1. The molecule has 0 spiro atoms. The number of carboxylic acids is 1. The molecule has 3 aliphatic heterocycles. The molecule has 1 aromatic heterocycles. The highest BCUT2D eigenvalue weighted by molar-refractivity contribution is 5.94. The molecule has 1 unspecified atom stereocenters. The van der Waals surface area contributed by atoms with Gasteiger partial charge in [0.25, 0.3) is 5.91 Å². The maximum Gasteiger partial charge on any atom is 0.304 e. The Kier molecular flexibility index (Phi) is 6.54. The van der Waals surface area contributed by atoms with Crippen molar-refractivity contribution in [2.75, 3.05) is 13.2 Å². The normalized spacial score (nSPS) is 17.9. The Bertz CT molecular complexity index is 1510. The molecule has 38 heavy (non-hydrogen) atoms. The number of nitrogens with zero attached hydrogens (tertiary/aromatic N) is 4. The topological polar surface area (TPSA) is 97.6 Å². The van der Waals surface area contributed by atoms with Crippen molar-refractivity contribution in [1.82, 2.24) is 19.9 Å². The van der Waals surface area contributed by atoms with Crippen LogP contribution in [0.1, 0.15) is 64.2 Å². The van der Waals surface area contributed by atoms with Gasteiger partial charge in [0, 0.05) is 31.1 Å². The first-order chi connectivity index (χ1) is 18.5. The molecule has 1 atom stereocenters. The van der Waals surface area contributed by atoms with E-state index in [-0.39, 0.29) is 18.2 Å². The Labute approximate surface area is 220 Å². The lowest BCUT2D eigenvalue weighted by molar-refractivity contribution is -0.137. The summed E-state index contributed by atoms with van der Waals surface area (Å²) >= 11 is 0. The highest BCUT2D eigenvalue weighted by Gasteiger charge is 2.25. The molecule has 4 heterocycles. The fourth-order valence-corrected chi connectivity index (χ4v) is 5.57. The van der Waals surface area contributed by atoms with E-state index in [1.54, 1.807) is 0 Å². The van der Waals surface area contributed by atoms with Crippen molar-refractivity contribution in [1.29, 1.82) is 0 Å². The van der Waals surface area contributed by atoms with Crippen molar-refractivity contribution < 1.29 is 19.4 Å². The first kappa shape index (κ1) is 24.2. The number of carbonyl (C=O) groups is 2. The molecule has 7 rings (SSSR count). The van der Waals surface area contributed by atoms with E-state index in [1.165, 1.54) is 5.56 Å². The second-order valence-electron chi connectivity index (χ2n) is 10.2. The van der Waals surface area contributed by atoms with Gasteiger partial charge >= 0.3 is 5.97 Å². The van der Waals surface area contributed by atoms with Gasteiger partial charge in [-0.3, -0.25) is 9.59 Å². The SMILES string of the molecule is O=C(O)CC1c2ccc3c(c2)CN(CC3)C(=O)c2cccc(c2)OCCCCCn2nnc3cc1ccc32. The largest absolute Gasteiger partial charge is 0.494 e. The predicted octanol–water partition coefficient (Wildman–Crippen LogP) is 4.80. The predicted molar refractivity (Wildman–Crippen MR) is 142 cm³/mol. The number of carboxylic acid groups (broad SMARTS) is 1. The molecule has 3 aliphatic rings. The number of hydrogen-bond donors (Lipinski definition) is 1. The molecule has 1 N–H and O–H groups in total. The van der Waals surface area contributed by atoms with Crippen LogP contribution in [0.2, 0.25) is 0 Å². The summed E-state index contributed by atoms with van der Waals surface area (Å²) in [6, 6.07) is 19.6. The van der Waals surface area contributed by atoms with E-state index < -0.39 is 5.97 Å². The van der Waals surface area contributed by atoms with E-state index in [4.69, 9.17) is 4.74 Å². The van der Waals surface area contributed by atoms with Gasteiger partial charge in [0.05, 0.1) is 18.5 Å². The first-order valence-corrected chi connectivity index (χ1v) is 13.2. The maximum absolute atomic E-state index is 13.4. The molecule has 0 saturated heterocycles. The van der Waals surface area contributed by atoms with E-state index in [0.717, 1.165) is 60.0 Å². The highest BCUT2D eigenvalue weighted by Crippen LogP contribution is 2.33. The Balaban J connectivity index is 1.40. The molecule has 0 fully saturated rings. The molecule has 8 heteroatoms. The number of ether oxygens (including phenoxy) is 1. The first-order valence-electron chi connectivity index (χ1n) is 13.2. The van der Waals surface area contributed by atoms with Gasteiger partial charge in [-0.1, -0.05) is 35.5 Å². The van der Waals surface area contributed by atoms with Crippen molar-refractivity contribution in [3.63, 3.8) is 0 Å². The molecule has 3 aromatic carbocycles. The third-order valence-corrected chi connectivity index (χ3v) is 7.62. The van der Waals surface area contributed by atoms with Crippen molar-refractivity contribution in [2.45, 2.75) is 51.1 Å². The summed E-state index contributed by atoms with van der Waals surface area (Å²) in [5.74, 6) is -0.509. The van der Waals surface area contributed by atoms with Crippen LogP contribution in [0.25, 0.3) is 11.0 Å². The van der Waals surface area contributed by atoms with E-state index in [9.17, 15) is 14.7 Å². The zero-order valence-electron chi connectivity index (χ0n) is 21.2. The van der Waals surface area contributed by atoms with Crippen LogP contribution in [0.4, 0.5) is 0 Å². The summed E-state index contributed by atoms with van der Waals surface area (Å²) in [5.41, 5.74) is 6.40. The zero-order valence-corrected chi connectivity index (χ0v) is 21.2. The van der Waals surface area contributed by atoms with Crippen molar-refractivity contribution >= 4 is 22.9 Å². The third-order valence-electron chi connectivity index (χ3n) is 7.62. The fourth-order valence-electron chi connectivity index (χ4n) is 5.57. The van der Waals surface area contributed by atoms with Crippen LogP contribution in [0.15, 0.2) is 60.7 Å². The van der Waals surface area contributed by atoms with E-state index in [1.807, 2.05) is 58.1 Å². The summed E-state index contributed by atoms with van der Waals surface area (Å²) in [6.07, 6.45) is 3.54. The van der Waals surface area contributed by atoms with Gasteiger partial charge in [-0.05, 0) is 78.3 Å². The summed E-state index contributed by atoms with van der Waals surface area (Å²) in [6.45, 7) is 2.46. The molecule has 1 amide bonds. The average molecular weight is 511 g/mol.